The van der Waals surface area contributed by atoms with Gasteiger partial charge in [-0.25, -0.2) is 9.59 Å². The van der Waals surface area contributed by atoms with E-state index in [0.717, 1.165) is 10.4 Å². The molecule has 1 fully saturated rings. The Morgan fingerprint density at radius 3 is 2.28 bits per heavy atom. The number of hydrogen-bond acceptors (Lipinski definition) is 10. The van der Waals surface area contributed by atoms with Gasteiger partial charge in [0.1, 0.15) is 5.60 Å². The van der Waals surface area contributed by atoms with E-state index < -0.39 is 33.5 Å². The number of aliphatic hydroxyl groups is 1. The molecule has 1 aliphatic heterocycles. The largest absolute Gasteiger partial charge is 0.463 e. The van der Waals surface area contributed by atoms with E-state index >= 15 is 0 Å². The maximum atomic E-state index is 12.4. The van der Waals surface area contributed by atoms with Gasteiger partial charge in [0.15, 0.2) is 5.84 Å². The molecule has 3 N–H and O–H groups in total. The average Bonchev–Trinajstić information content (AvgIpc) is 2.75. The van der Waals surface area contributed by atoms with Gasteiger partial charge >= 0.3 is 11.9 Å². The van der Waals surface area contributed by atoms with Crippen molar-refractivity contribution in [2.24, 2.45) is 10.9 Å². The molecule has 0 atom stereocenters. The molecule has 0 amide bonds. The molecule has 1 aliphatic rings. The van der Waals surface area contributed by atoms with Crippen molar-refractivity contribution in [3.63, 3.8) is 0 Å². The molecule has 0 spiro atoms. The van der Waals surface area contributed by atoms with Gasteiger partial charge in [-0.05, 0) is 26.7 Å². The lowest BCUT2D eigenvalue weighted by Crippen LogP contribution is -2.56. The van der Waals surface area contributed by atoms with Crippen LogP contribution in [-0.2, 0) is 38.8 Å². The normalized spacial score (nSPS) is 17.8. The Bertz CT molecular complexity index is 803. The second kappa shape index (κ2) is 12.7. The third kappa shape index (κ3) is 7.41. The van der Waals surface area contributed by atoms with E-state index in [4.69, 9.17) is 24.8 Å². The summed E-state index contributed by atoms with van der Waals surface area (Å²) in [5.74, 6) is -2.52. The molecule has 0 aliphatic carbocycles. The molecular weight excluding hydrogens is 448 g/mol. The molecular formula is C18H32N4O9S. The summed E-state index contributed by atoms with van der Waals surface area (Å²) >= 11 is 0. The molecule has 0 radical (unpaired) electrons. The number of aliphatic hydroxyl groups excluding tert-OH is 1. The molecule has 0 aromatic carbocycles. The van der Waals surface area contributed by atoms with E-state index in [0.29, 0.717) is 0 Å². The summed E-state index contributed by atoms with van der Waals surface area (Å²) < 4.78 is 42.4. The Labute approximate surface area is 187 Å². The topological polar surface area (TPSA) is 170 Å². The van der Waals surface area contributed by atoms with Crippen LogP contribution in [-0.4, -0.2) is 99.1 Å². The number of carbonyl (C=O) groups excluding carboxylic acids is 2. The van der Waals surface area contributed by atoms with E-state index in [1.807, 2.05) is 0 Å². The van der Waals surface area contributed by atoms with Crippen LogP contribution in [0.15, 0.2) is 17.0 Å². The fraction of sp³-hybridized carbons (Fsp3) is 0.722. The summed E-state index contributed by atoms with van der Waals surface area (Å²) in [6.45, 7) is 3.05. The number of rotatable bonds is 12. The quantitative estimate of drug-likeness (QED) is 0.0876. The molecule has 0 aromatic heterocycles. The highest BCUT2D eigenvalue weighted by Gasteiger charge is 2.43. The highest BCUT2D eigenvalue weighted by atomic mass is 32.2. The summed E-state index contributed by atoms with van der Waals surface area (Å²) in [6, 6.07) is 0. The molecule has 0 aromatic rings. The number of esters is 2. The molecule has 1 rings (SSSR count). The first kappa shape index (κ1) is 27.8. The van der Waals surface area contributed by atoms with E-state index in [2.05, 4.69) is 5.16 Å². The molecule has 0 unspecified atom stereocenters. The van der Waals surface area contributed by atoms with E-state index in [1.165, 1.54) is 18.4 Å². The van der Waals surface area contributed by atoms with Gasteiger partial charge in [-0.15, -0.1) is 0 Å². The summed E-state index contributed by atoms with van der Waals surface area (Å²) in [4.78, 5) is 28.9. The van der Waals surface area contributed by atoms with Crippen molar-refractivity contribution in [1.29, 1.82) is 0 Å². The zero-order valence-corrected chi connectivity index (χ0v) is 19.6. The van der Waals surface area contributed by atoms with Gasteiger partial charge in [-0.2, -0.15) is 17.0 Å². The van der Waals surface area contributed by atoms with Crippen molar-refractivity contribution in [2.45, 2.75) is 32.3 Å². The average molecular weight is 481 g/mol. The van der Waals surface area contributed by atoms with Crippen molar-refractivity contribution in [3.8, 4) is 0 Å². The van der Waals surface area contributed by atoms with E-state index in [1.54, 1.807) is 13.8 Å². The fourth-order valence-electron chi connectivity index (χ4n) is 2.82. The monoisotopic (exact) mass is 480 g/mol. The number of nitrogens with zero attached hydrogens (tertiary/aromatic N) is 3. The minimum atomic E-state index is -3.63. The van der Waals surface area contributed by atoms with Gasteiger partial charge in [-0.3, -0.25) is 0 Å². The number of piperidine rings is 1. The van der Waals surface area contributed by atoms with Crippen LogP contribution in [0.3, 0.4) is 0 Å². The Morgan fingerprint density at radius 2 is 1.78 bits per heavy atom. The predicted molar refractivity (Wildman–Crippen MR) is 113 cm³/mol. The number of carbonyl (C=O) groups is 2. The highest BCUT2D eigenvalue weighted by Crippen LogP contribution is 2.29. The maximum absolute atomic E-state index is 12.4. The second-order valence-electron chi connectivity index (χ2n) is 6.80. The number of oxime groups is 1. The van der Waals surface area contributed by atoms with Crippen LogP contribution in [0.2, 0.25) is 0 Å². The van der Waals surface area contributed by atoms with Gasteiger partial charge < -0.3 is 29.9 Å². The molecule has 1 saturated heterocycles. The van der Waals surface area contributed by atoms with Crippen molar-refractivity contribution >= 4 is 28.0 Å². The van der Waals surface area contributed by atoms with Crippen LogP contribution in [0.25, 0.3) is 0 Å². The van der Waals surface area contributed by atoms with Crippen LogP contribution in [0.4, 0.5) is 0 Å². The highest BCUT2D eigenvalue weighted by molar-refractivity contribution is 7.86. The summed E-state index contributed by atoms with van der Waals surface area (Å²) in [7, 11) is -0.778. The van der Waals surface area contributed by atoms with Crippen molar-refractivity contribution in [3.05, 3.63) is 11.8 Å². The molecule has 13 nitrogen and oxygen atoms in total. The summed E-state index contributed by atoms with van der Waals surface area (Å²) in [5.41, 5.74) is 4.85. The maximum Gasteiger partial charge on any atom is 0.377 e. The Kier molecular flexibility index (Phi) is 11.0. The van der Waals surface area contributed by atoms with Crippen molar-refractivity contribution < 1.29 is 42.2 Å². The minimum Gasteiger partial charge on any atom is -0.463 e. The van der Waals surface area contributed by atoms with Gasteiger partial charge in [0.05, 0.1) is 32.5 Å². The number of hydrogen-bond donors (Lipinski definition) is 2. The van der Waals surface area contributed by atoms with E-state index in [-0.39, 0.29) is 58.2 Å². The Hall–Kier alpha value is -2.26. The van der Waals surface area contributed by atoms with Crippen LogP contribution < -0.4 is 5.73 Å². The van der Waals surface area contributed by atoms with Gasteiger partial charge in [0, 0.05) is 27.2 Å². The zero-order valence-electron chi connectivity index (χ0n) is 18.8. The Morgan fingerprint density at radius 1 is 1.19 bits per heavy atom. The number of amidine groups is 1. The van der Waals surface area contributed by atoms with Crippen LogP contribution in [0.5, 0.6) is 0 Å². The van der Waals surface area contributed by atoms with Gasteiger partial charge in [0.2, 0.25) is 5.76 Å². The first-order chi connectivity index (χ1) is 15.0. The molecule has 0 saturated carbocycles. The smallest absolute Gasteiger partial charge is 0.377 e. The fourth-order valence-corrected chi connectivity index (χ4v) is 3.93. The van der Waals surface area contributed by atoms with Crippen LogP contribution in [0.1, 0.15) is 26.7 Å². The molecule has 32 heavy (non-hydrogen) atoms. The standard InChI is InChI=1S/C18H32N4O9S/c1-5-28-15(24)13-14(16(25)29-6-2)31-20-17(19)18(30-12-11-23)7-9-22(10-8-18)32(26,27)21(3)4/h13,23H,5-12H2,1-4H3,(H2,19,20). The number of ether oxygens (including phenoxy) is 3. The predicted octanol–water partition coefficient (Wildman–Crippen LogP) is -1.06. The molecule has 14 heteroatoms. The van der Waals surface area contributed by atoms with Crippen LogP contribution in [0, 0.1) is 0 Å². The summed E-state index contributed by atoms with van der Waals surface area (Å²) in [5, 5.41) is 12.9. The molecule has 0 bridgehead atoms. The minimum absolute atomic E-state index is 0.0291. The first-order valence-electron chi connectivity index (χ1n) is 10.0. The molecule has 1 heterocycles. The van der Waals surface area contributed by atoms with E-state index in [9.17, 15) is 23.1 Å². The lowest BCUT2D eigenvalue weighted by Gasteiger charge is -2.40. The van der Waals surface area contributed by atoms with Crippen molar-refractivity contribution in [1.82, 2.24) is 8.61 Å². The third-order valence-electron chi connectivity index (χ3n) is 4.51. The lowest BCUT2D eigenvalue weighted by molar-refractivity contribution is -0.144. The number of nitrogens with two attached hydrogens (primary N) is 1. The SMILES string of the molecule is CCOC(=O)C=C(ON=C(N)C1(OCCO)CCN(S(=O)(=O)N(C)C)CC1)C(=O)OCC. The third-order valence-corrected chi connectivity index (χ3v) is 6.45. The zero-order chi connectivity index (χ0) is 24.4. The Balaban J connectivity index is 3.11. The van der Waals surface area contributed by atoms with Gasteiger partial charge in [-0.1, -0.05) is 5.16 Å². The summed E-state index contributed by atoms with van der Waals surface area (Å²) in [6.07, 6.45) is 1.02. The molecule has 184 valence electrons. The van der Waals surface area contributed by atoms with Crippen LogP contribution >= 0.6 is 0 Å². The van der Waals surface area contributed by atoms with Crippen molar-refractivity contribution in [2.75, 3.05) is 53.6 Å². The second-order valence-corrected chi connectivity index (χ2v) is 8.95. The van der Waals surface area contributed by atoms with Gasteiger partial charge in [0.25, 0.3) is 10.2 Å². The first-order valence-corrected chi connectivity index (χ1v) is 11.4. The lowest BCUT2D eigenvalue weighted by atomic mass is 9.91.